The van der Waals surface area contributed by atoms with Crippen LogP contribution in [-0.4, -0.2) is 22.2 Å². The lowest BCUT2D eigenvalue weighted by Crippen LogP contribution is -2.22. The van der Waals surface area contributed by atoms with Gasteiger partial charge in [0.25, 0.3) is 0 Å². The molecule has 0 fully saturated rings. The highest BCUT2D eigenvalue weighted by molar-refractivity contribution is 5.93. The lowest BCUT2D eigenvalue weighted by molar-refractivity contribution is -0.114. The summed E-state index contributed by atoms with van der Waals surface area (Å²) in [6, 6.07) is 9.52. The van der Waals surface area contributed by atoms with Gasteiger partial charge in [0.2, 0.25) is 5.91 Å². The zero-order valence-electron chi connectivity index (χ0n) is 10.5. The van der Waals surface area contributed by atoms with Crippen LogP contribution >= 0.6 is 0 Å². The third-order valence-corrected chi connectivity index (χ3v) is 2.45. The Morgan fingerprint density at radius 1 is 1.39 bits per heavy atom. The van der Waals surface area contributed by atoms with Crippen LogP contribution in [0.25, 0.3) is 0 Å². The van der Waals surface area contributed by atoms with E-state index in [1.165, 1.54) is 0 Å². The van der Waals surface area contributed by atoms with Crippen molar-refractivity contribution in [3.8, 4) is 0 Å². The molecule has 0 saturated heterocycles. The molecule has 1 heterocycles. The SMILES string of the molecule is Cc1cccc(NC(=O)CNc2ccn(C)n2)c1. The Kier molecular flexibility index (Phi) is 3.62. The average Bonchev–Trinajstić information content (AvgIpc) is 2.73. The highest BCUT2D eigenvalue weighted by atomic mass is 16.1. The molecule has 2 aromatic rings. The van der Waals surface area contributed by atoms with Gasteiger partial charge in [-0.05, 0) is 24.6 Å². The Hall–Kier alpha value is -2.30. The minimum atomic E-state index is -0.0914. The zero-order valence-corrected chi connectivity index (χ0v) is 10.5. The van der Waals surface area contributed by atoms with Gasteiger partial charge in [-0.15, -0.1) is 0 Å². The topological polar surface area (TPSA) is 59.0 Å². The number of nitrogens with one attached hydrogen (secondary N) is 2. The molecule has 18 heavy (non-hydrogen) atoms. The van der Waals surface area contributed by atoms with Crippen LogP contribution in [0.3, 0.4) is 0 Å². The lowest BCUT2D eigenvalue weighted by Gasteiger charge is -2.06. The molecule has 2 N–H and O–H groups in total. The maximum atomic E-state index is 11.7. The Morgan fingerprint density at radius 2 is 2.22 bits per heavy atom. The first-order valence-corrected chi connectivity index (χ1v) is 5.73. The molecule has 5 nitrogen and oxygen atoms in total. The summed E-state index contributed by atoms with van der Waals surface area (Å²) in [5, 5.41) is 9.91. The van der Waals surface area contributed by atoms with E-state index in [0.717, 1.165) is 11.3 Å². The standard InChI is InChI=1S/C13H16N4O/c1-10-4-3-5-11(8-10)15-13(18)9-14-12-6-7-17(2)16-12/h3-8H,9H2,1-2H3,(H,14,16)(H,15,18). The molecule has 1 aromatic heterocycles. The number of aryl methyl sites for hydroxylation is 2. The fourth-order valence-electron chi connectivity index (χ4n) is 1.61. The molecular formula is C13H16N4O. The van der Waals surface area contributed by atoms with Crippen molar-refractivity contribution >= 4 is 17.4 Å². The van der Waals surface area contributed by atoms with Gasteiger partial charge in [-0.1, -0.05) is 12.1 Å². The van der Waals surface area contributed by atoms with E-state index in [0.29, 0.717) is 5.82 Å². The Balaban J connectivity index is 1.85. The number of nitrogens with zero attached hydrogens (tertiary/aromatic N) is 2. The smallest absolute Gasteiger partial charge is 0.243 e. The van der Waals surface area contributed by atoms with Gasteiger partial charge in [0.1, 0.15) is 5.82 Å². The van der Waals surface area contributed by atoms with Crippen LogP contribution in [0.2, 0.25) is 0 Å². The van der Waals surface area contributed by atoms with Gasteiger partial charge in [0.15, 0.2) is 0 Å². The molecule has 0 radical (unpaired) electrons. The number of benzene rings is 1. The highest BCUT2D eigenvalue weighted by Gasteiger charge is 2.03. The molecule has 0 spiro atoms. The molecule has 0 unspecified atom stereocenters. The van der Waals surface area contributed by atoms with E-state index in [1.54, 1.807) is 4.68 Å². The summed E-state index contributed by atoms with van der Waals surface area (Å²) in [5.41, 5.74) is 1.92. The molecule has 0 aliphatic carbocycles. The highest BCUT2D eigenvalue weighted by Crippen LogP contribution is 2.09. The number of carbonyl (C=O) groups excluding carboxylic acids is 1. The fraction of sp³-hybridized carbons (Fsp3) is 0.231. The van der Waals surface area contributed by atoms with E-state index in [1.807, 2.05) is 50.5 Å². The third kappa shape index (κ3) is 3.35. The molecule has 5 heteroatoms. The fourth-order valence-corrected chi connectivity index (χ4v) is 1.61. The number of aromatic nitrogens is 2. The minimum absolute atomic E-state index is 0.0914. The first-order valence-electron chi connectivity index (χ1n) is 5.73. The summed E-state index contributed by atoms with van der Waals surface area (Å²) in [5.74, 6) is 0.600. The van der Waals surface area contributed by atoms with Crippen LogP contribution in [0.15, 0.2) is 36.5 Å². The van der Waals surface area contributed by atoms with E-state index in [-0.39, 0.29) is 12.5 Å². The van der Waals surface area contributed by atoms with Crippen LogP contribution < -0.4 is 10.6 Å². The summed E-state index contributed by atoms with van der Waals surface area (Å²) < 4.78 is 1.68. The predicted octanol–water partition coefficient (Wildman–Crippen LogP) is 1.78. The summed E-state index contributed by atoms with van der Waals surface area (Å²) in [6.07, 6.45) is 1.82. The van der Waals surface area contributed by atoms with Crippen LogP contribution in [0.5, 0.6) is 0 Å². The van der Waals surface area contributed by atoms with Crippen LogP contribution in [0, 0.1) is 6.92 Å². The van der Waals surface area contributed by atoms with Crippen molar-refractivity contribution in [3.63, 3.8) is 0 Å². The Morgan fingerprint density at radius 3 is 2.89 bits per heavy atom. The Labute approximate surface area is 106 Å². The molecule has 0 saturated carbocycles. The van der Waals surface area contributed by atoms with Gasteiger partial charge in [-0.3, -0.25) is 9.48 Å². The summed E-state index contributed by atoms with van der Waals surface area (Å²) >= 11 is 0. The van der Waals surface area contributed by atoms with E-state index in [2.05, 4.69) is 15.7 Å². The van der Waals surface area contributed by atoms with Crippen molar-refractivity contribution in [3.05, 3.63) is 42.1 Å². The lowest BCUT2D eigenvalue weighted by atomic mass is 10.2. The summed E-state index contributed by atoms with van der Waals surface area (Å²) in [6.45, 7) is 2.19. The second kappa shape index (κ2) is 5.35. The van der Waals surface area contributed by atoms with Crippen molar-refractivity contribution in [1.29, 1.82) is 0 Å². The molecule has 0 bridgehead atoms. The molecule has 2 rings (SSSR count). The number of amides is 1. The molecule has 1 amide bonds. The van der Waals surface area contributed by atoms with Crippen molar-refractivity contribution in [2.24, 2.45) is 7.05 Å². The molecule has 1 aromatic carbocycles. The largest absolute Gasteiger partial charge is 0.360 e. The van der Waals surface area contributed by atoms with Gasteiger partial charge in [-0.25, -0.2) is 0 Å². The van der Waals surface area contributed by atoms with Gasteiger partial charge in [-0.2, -0.15) is 5.10 Å². The number of rotatable bonds is 4. The quantitative estimate of drug-likeness (QED) is 0.862. The van der Waals surface area contributed by atoms with Gasteiger partial charge >= 0.3 is 0 Å². The average molecular weight is 244 g/mol. The van der Waals surface area contributed by atoms with E-state index >= 15 is 0 Å². The van der Waals surface area contributed by atoms with Gasteiger partial charge in [0, 0.05) is 25.0 Å². The molecule has 0 aliphatic rings. The normalized spacial score (nSPS) is 10.1. The monoisotopic (exact) mass is 244 g/mol. The van der Waals surface area contributed by atoms with Crippen LogP contribution in [0.1, 0.15) is 5.56 Å². The van der Waals surface area contributed by atoms with Crippen molar-refractivity contribution in [2.75, 3.05) is 17.2 Å². The summed E-state index contributed by atoms with van der Waals surface area (Å²) in [4.78, 5) is 11.7. The predicted molar refractivity (Wildman–Crippen MR) is 71.5 cm³/mol. The first kappa shape index (κ1) is 12.2. The maximum absolute atomic E-state index is 11.7. The number of carbonyl (C=O) groups is 1. The van der Waals surface area contributed by atoms with Crippen LogP contribution in [-0.2, 0) is 11.8 Å². The minimum Gasteiger partial charge on any atom is -0.360 e. The molecule has 0 atom stereocenters. The maximum Gasteiger partial charge on any atom is 0.243 e. The molecule has 0 aliphatic heterocycles. The summed E-state index contributed by atoms with van der Waals surface area (Å²) in [7, 11) is 1.83. The van der Waals surface area contributed by atoms with Crippen molar-refractivity contribution in [2.45, 2.75) is 6.92 Å². The Bertz CT molecular complexity index is 547. The van der Waals surface area contributed by atoms with Crippen molar-refractivity contribution in [1.82, 2.24) is 9.78 Å². The second-order valence-corrected chi connectivity index (χ2v) is 4.15. The van der Waals surface area contributed by atoms with E-state index in [9.17, 15) is 4.79 Å². The number of hydrogen-bond acceptors (Lipinski definition) is 3. The third-order valence-electron chi connectivity index (χ3n) is 2.45. The zero-order chi connectivity index (χ0) is 13.0. The number of hydrogen-bond donors (Lipinski definition) is 2. The second-order valence-electron chi connectivity index (χ2n) is 4.15. The van der Waals surface area contributed by atoms with E-state index in [4.69, 9.17) is 0 Å². The van der Waals surface area contributed by atoms with Gasteiger partial charge in [0.05, 0.1) is 6.54 Å². The van der Waals surface area contributed by atoms with Crippen molar-refractivity contribution < 1.29 is 4.79 Å². The first-order chi connectivity index (χ1) is 8.63. The molecule has 94 valence electrons. The van der Waals surface area contributed by atoms with E-state index < -0.39 is 0 Å². The number of anilines is 2. The van der Waals surface area contributed by atoms with Crippen LogP contribution in [0.4, 0.5) is 11.5 Å². The van der Waals surface area contributed by atoms with Gasteiger partial charge < -0.3 is 10.6 Å². The molecular weight excluding hydrogens is 228 g/mol.